The lowest BCUT2D eigenvalue weighted by Gasteiger charge is -2.36. The largest absolute Gasteiger partial charge is 0.497 e. The number of fused-ring (bicyclic) bond motifs is 3. The Bertz CT molecular complexity index is 1120. The molecule has 4 aromatic rings. The monoisotopic (exact) mass is 376 g/mol. The molecule has 0 saturated carbocycles. The summed E-state index contributed by atoms with van der Waals surface area (Å²) in [6.07, 6.45) is 2.67. The third-order valence-electron chi connectivity index (χ3n) is 5.57. The summed E-state index contributed by atoms with van der Waals surface area (Å²) in [7, 11) is 1.55. The fraction of sp³-hybridized carbons (Fsp3) is 0.227. The predicted octanol–water partition coefficient (Wildman–Crippen LogP) is 4.19. The SMILES string of the molecule is COc1ccc([C@@H]2c3[nH]c4ccccc4c3CCN2Cc2ccn[nH]2)c(F)c1. The predicted molar refractivity (Wildman–Crippen MR) is 106 cm³/mol. The number of H-pyrrole nitrogens is 2. The molecule has 3 heterocycles. The Kier molecular flexibility index (Phi) is 4.13. The van der Waals surface area contributed by atoms with Gasteiger partial charge in [-0.1, -0.05) is 24.3 Å². The molecule has 2 aromatic carbocycles. The first-order valence-electron chi connectivity index (χ1n) is 9.40. The van der Waals surface area contributed by atoms with E-state index < -0.39 is 0 Å². The van der Waals surface area contributed by atoms with E-state index in [1.165, 1.54) is 17.0 Å². The van der Waals surface area contributed by atoms with Crippen LogP contribution in [0.1, 0.15) is 28.6 Å². The van der Waals surface area contributed by atoms with Crippen LogP contribution in [0, 0.1) is 5.82 Å². The van der Waals surface area contributed by atoms with Crippen LogP contribution >= 0.6 is 0 Å². The molecule has 142 valence electrons. The molecular weight excluding hydrogens is 355 g/mol. The van der Waals surface area contributed by atoms with Gasteiger partial charge in [0, 0.05) is 53.2 Å². The number of benzene rings is 2. The van der Waals surface area contributed by atoms with Crippen molar-refractivity contribution in [2.24, 2.45) is 0 Å². The molecule has 0 amide bonds. The zero-order valence-corrected chi connectivity index (χ0v) is 15.6. The smallest absolute Gasteiger partial charge is 0.132 e. The van der Waals surface area contributed by atoms with Gasteiger partial charge in [-0.2, -0.15) is 5.10 Å². The van der Waals surface area contributed by atoms with Gasteiger partial charge >= 0.3 is 0 Å². The highest BCUT2D eigenvalue weighted by molar-refractivity contribution is 5.85. The molecule has 2 N–H and O–H groups in total. The van der Waals surface area contributed by atoms with E-state index in [4.69, 9.17) is 4.74 Å². The molecule has 6 heteroatoms. The zero-order valence-electron chi connectivity index (χ0n) is 15.6. The molecule has 2 aromatic heterocycles. The normalized spacial score (nSPS) is 17.0. The first-order chi connectivity index (χ1) is 13.7. The Morgan fingerprint density at radius 3 is 2.89 bits per heavy atom. The van der Waals surface area contributed by atoms with Crippen molar-refractivity contribution >= 4 is 10.9 Å². The van der Waals surface area contributed by atoms with Gasteiger partial charge in [0.1, 0.15) is 11.6 Å². The number of rotatable bonds is 4. The van der Waals surface area contributed by atoms with Gasteiger partial charge in [0.25, 0.3) is 0 Å². The van der Waals surface area contributed by atoms with E-state index in [0.29, 0.717) is 17.9 Å². The standard InChI is InChI=1S/C22H21FN4O/c1-28-15-6-7-18(19(23)12-15)22-21-17(16-4-2-3-5-20(16)25-21)9-11-27(22)13-14-8-10-24-26-14/h2-8,10,12,22,25H,9,11,13H2,1H3,(H,24,26)/t22-/m1/s1. The van der Waals surface area contributed by atoms with Gasteiger partial charge in [0.05, 0.1) is 13.2 Å². The molecule has 1 aliphatic rings. The highest BCUT2D eigenvalue weighted by Crippen LogP contribution is 2.40. The number of halogens is 1. The maximum atomic E-state index is 15.1. The highest BCUT2D eigenvalue weighted by Gasteiger charge is 2.33. The minimum atomic E-state index is -0.259. The maximum Gasteiger partial charge on any atom is 0.132 e. The van der Waals surface area contributed by atoms with Crippen molar-refractivity contribution in [3.8, 4) is 5.75 Å². The van der Waals surface area contributed by atoms with Gasteiger partial charge in [-0.25, -0.2) is 4.39 Å². The van der Waals surface area contributed by atoms with Crippen LogP contribution in [0.2, 0.25) is 0 Å². The van der Waals surface area contributed by atoms with E-state index >= 15 is 4.39 Å². The number of nitrogens with one attached hydrogen (secondary N) is 2. The van der Waals surface area contributed by atoms with Crippen LogP contribution in [-0.4, -0.2) is 33.7 Å². The zero-order chi connectivity index (χ0) is 19.1. The van der Waals surface area contributed by atoms with Crippen molar-refractivity contribution in [1.29, 1.82) is 0 Å². The second kappa shape index (κ2) is 6.80. The lowest BCUT2D eigenvalue weighted by atomic mass is 9.92. The quantitative estimate of drug-likeness (QED) is 0.562. The Morgan fingerprint density at radius 1 is 1.21 bits per heavy atom. The van der Waals surface area contributed by atoms with Gasteiger partial charge in [-0.3, -0.25) is 10.00 Å². The fourth-order valence-corrected chi connectivity index (χ4v) is 4.26. The van der Waals surface area contributed by atoms with Crippen LogP contribution in [0.5, 0.6) is 5.75 Å². The summed E-state index contributed by atoms with van der Waals surface area (Å²) in [6.45, 7) is 1.51. The number of aromatic amines is 2. The molecule has 1 atom stereocenters. The summed E-state index contributed by atoms with van der Waals surface area (Å²) in [5.41, 5.74) is 5.09. The fourth-order valence-electron chi connectivity index (χ4n) is 4.26. The van der Waals surface area contributed by atoms with Gasteiger partial charge in [-0.05, 0) is 30.2 Å². The number of ether oxygens (including phenoxy) is 1. The Hall–Kier alpha value is -3.12. The maximum absolute atomic E-state index is 15.1. The lowest BCUT2D eigenvalue weighted by Crippen LogP contribution is -2.36. The summed E-state index contributed by atoms with van der Waals surface area (Å²) in [5, 5.41) is 8.30. The first kappa shape index (κ1) is 17.0. The molecule has 0 aliphatic carbocycles. The summed E-state index contributed by atoms with van der Waals surface area (Å²) in [4.78, 5) is 5.85. The minimum absolute atomic E-state index is 0.203. The van der Waals surface area contributed by atoms with Crippen molar-refractivity contribution in [3.05, 3.63) is 83.1 Å². The van der Waals surface area contributed by atoms with Crippen molar-refractivity contribution in [2.75, 3.05) is 13.7 Å². The molecule has 1 aliphatic heterocycles. The van der Waals surface area contributed by atoms with Crippen LogP contribution < -0.4 is 4.74 Å². The molecule has 0 radical (unpaired) electrons. The summed E-state index contributed by atoms with van der Waals surface area (Å²) in [6, 6.07) is 15.2. The lowest BCUT2D eigenvalue weighted by molar-refractivity contribution is 0.196. The van der Waals surface area contributed by atoms with E-state index in [1.54, 1.807) is 13.3 Å². The number of methoxy groups -OCH3 is 1. The molecule has 0 unspecified atom stereocenters. The van der Waals surface area contributed by atoms with Crippen LogP contribution in [0.4, 0.5) is 4.39 Å². The molecular formula is C22H21FN4O. The van der Waals surface area contributed by atoms with E-state index in [2.05, 4.69) is 38.3 Å². The average molecular weight is 376 g/mol. The van der Waals surface area contributed by atoms with E-state index in [1.807, 2.05) is 24.3 Å². The van der Waals surface area contributed by atoms with Crippen molar-refractivity contribution in [3.63, 3.8) is 0 Å². The van der Waals surface area contributed by atoms with Crippen LogP contribution in [0.15, 0.2) is 54.7 Å². The molecule has 5 rings (SSSR count). The Morgan fingerprint density at radius 2 is 2.11 bits per heavy atom. The molecule has 28 heavy (non-hydrogen) atoms. The van der Waals surface area contributed by atoms with Gasteiger partial charge in [-0.15, -0.1) is 0 Å². The number of aromatic nitrogens is 3. The second-order valence-electron chi connectivity index (χ2n) is 7.16. The van der Waals surface area contributed by atoms with Crippen molar-refractivity contribution < 1.29 is 9.13 Å². The van der Waals surface area contributed by atoms with Crippen LogP contribution in [-0.2, 0) is 13.0 Å². The minimum Gasteiger partial charge on any atom is -0.497 e. The number of hydrogen-bond acceptors (Lipinski definition) is 3. The molecule has 0 fully saturated rings. The highest BCUT2D eigenvalue weighted by atomic mass is 19.1. The van der Waals surface area contributed by atoms with Gasteiger partial charge in [0.2, 0.25) is 0 Å². The van der Waals surface area contributed by atoms with Crippen molar-refractivity contribution in [1.82, 2.24) is 20.1 Å². The topological polar surface area (TPSA) is 56.9 Å². The summed E-state index contributed by atoms with van der Waals surface area (Å²) in [5.74, 6) is 0.263. The molecule has 0 bridgehead atoms. The van der Waals surface area contributed by atoms with Crippen molar-refractivity contribution in [2.45, 2.75) is 19.0 Å². The van der Waals surface area contributed by atoms with Gasteiger partial charge < -0.3 is 9.72 Å². The van der Waals surface area contributed by atoms with E-state index in [-0.39, 0.29) is 11.9 Å². The van der Waals surface area contributed by atoms with Crippen LogP contribution in [0.25, 0.3) is 10.9 Å². The van der Waals surface area contributed by atoms with Gasteiger partial charge in [0.15, 0.2) is 0 Å². The third-order valence-corrected chi connectivity index (χ3v) is 5.57. The third kappa shape index (κ3) is 2.77. The van der Waals surface area contributed by atoms with E-state index in [9.17, 15) is 0 Å². The summed E-state index contributed by atoms with van der Waals surface area (Å²) < 4.78 is 20.3. The summed E-state index contributed by atoms with van der Waals surface area (Å²) >= 11 is 0. The number of para-hydroxylation sites is 1. The van der Waals surface area contributed by atoms with E-state index in [0.717, 1.165) is 29.9 Å². The first-order valence-corrected chi connectivity index (χ1v) is 9.40. The van der Waals surface area contributed by atoms with Crippen LogP contribution in [0.3, 0.4) is 0 Å². The molecule has 0 spiro atoms. The number of hydrogen-bond donors (Lipinski definition) is 2. The Balaban J connectivity index is 1.65. The Labute approximate surface area is 162 Å². The molecule has 5 nitrogen and oxygen atoms in total. The average Bonchev–Trinajstić information content (AvgIpc) is 3.35. The second-order valence-corrected chi connectivity index (χ2v) is 7.16. The molecule has 0 saturated heterocycles. The number of nitrogens with zero attached hydrogens (tertiary/aromatic N) is 2.